The number of fused-ring (bicyclic) bond motifs is 6. The van der Waals surface area contributed by atoms with Crippen LogP contribution in [-0.2, 0) is 17.5 Å². The number of aromatic nitrogens is 7. The lowest BCUT2D eigenvalue weighted by atomic mass is 10.1. The molecule has 48 heavy (non-hydrogen) atoms. The molecule has 8 rings (SSSR count). The summed E-state index contributed by atoms with van der Waals surface area (Å²) >= 11 is 0. The molecule has 4 bridgehead atoms. The summed E-state index contributed by atoms with van der Waals surface area (Å²) in [6, 6.07) is 13.2. The molecule has 244 valence electrons. The van der Waals surface area contributed by atoms with E-state index in [2.05, 4.69) is 29.9 Å². The van der Waals surface area contributed by atoms with E-state index in [1.54, 1.807) is 11.9 Å². The monoisotopic (exact) mass is 656 g/mol. The van der Waals surface area contributed by atoms with Crippen molar-refractivity contribution in [3.63, 3.8) is 0 Å². The molecule has 4 aromatic heterocycles. The number of para-hydroxylation sites is 1. The Morgan fingerprint density at radius 1 is 1.00 bits per heavy atom. The third-order valence-electron chi connectivity index (χ3n) is 8.98. The first kappa shape index (κ1) is 29.8. The number of imidazole rings is 1. The van der Waals surface area contributed by atoms with Crippen LogP contribution in [0.15, 0.2) is 73.4 Å². The van der Waals surface area contributed by atoms with E-state index in [0.717, 1.165) is 39.1 Å². The van der Waals surface area contributed by atoms with Gasteiger partial charge in [0.15, 0.2) is 5.65 Å². The third kappa shape index (κ3) is 5.05. The zero-order valence-corrected chi connectivity index (χ0v) is 25.6. The molecule has 0 radical (unpaired) electrons. The Bertz CT molecular complexity index is 2190. The van der Waals surface area contributed by atoms with E-state index in [1.165, 1.54) is 12.5 Å². The van der Waals surface area contributed by atoms with Gasteiger partial charge in [0, 0.05) is 38.3 Å². The first-order valence-electron chi connectivity index (χ1n) is 15.4. The number of benzene rings is 2. The molecule has 2 atom stereocenters. The number of halogens is 4. The highest BCUT2D eigenvalue weighted by Crippen LogP contribution is 2.37. The Kier molecular flexibility index (Phi) is 7.00. The maximum Gasteiger partial charge on any atom is 0.418 e. The van der Waals surface area contributed by atoms with Gasteiger partial charge in [-0.2, -0.15) is 18.3 Å². The Morgan fingerprint density at radius 3 is 2.71 bits per heavy atom. The predicted molar refractivity (Wildman–Crippen MR) is 170 cm³/mol. The number of anilines is 2. The van der Waals surface area contributed by atoms with Crippen molar-refractivity contribution in [3.8, 4) is 16.9 Å². The van der Waals surface area contributed by atoms with E-state index in [1.807, 2.05) is 47.6 Å². The first-order chi connectivity index (χ1) is 23.2. The Hall–Kier alpha value is -5.60. The van der Waals surface area contributed by atoms with Gasteiger partial charge in [0.1, 0.15) is 29.8 Å². The Labute approximate surface area is 270 Å². The van der Waals surface area contributed by atoms with Crippen LogP contribution < -0.4 is 10.2 Å². The fourth-order valence-electron chi connectivity index (χ4n) is 6.79. The van der Waals surface area contributed by atoms with Crippen LogP contribution in [0.5, 0.6) is 0 Å². The van der Waals surface area contributed by atoms with Crippen LogP contribution in [0.25, 0.3) is 39.0 Å². The molecule has 0 spiro atoms. The Balaban J connectivity index is 1.19. The molecule has 0 saturated carbocycles. The van der Waals surface area contributed by atoms with Gasteiger partial charge in [-0.15, -0.1) is 0 Å². The molecule has 1 amide bonds. The summed E-state index contributed by atoms with van der Waals surface area (Å²) in [5.41, 5.74) is 2.12. The van der Waals surface area contributed by atoms with E-state index in [-0.39, 0.29) is 23.3 Å². The smallest absolute Gasteiger partial charge is 0.365 e. The van der Waals surface area contributed by atoms with Crippen molar-refractivity contribution in [3.05, 3.63) is 84.8 Å². The quantitative estimate of drug-likeness (QED) is 0.250. The van der Waals surface area contributed by atoms with Crippen LogP contribution >= 0.6 is 0 Å². The molecule has 15 heteroatoms. The van der Waals surface area contributed by atoms with Crippen molar-refractivity contribution in [2.24, 2.45) is 0 Å². The average Bonchev–Trinajstić information content (AvgIpc) is 3.81. The van der Waals surface area contributed by atoms with E-state index in [9.17, 15) is 22.4 Å². The van der Waals surface area contributed by atoms with Gasteiger partial charge in [-0.1, -0.05) is 18.2 Å². The number of nitrogens with one attached hydrogen (secondary N) is 1. The number of hydrogen-bond acceptors (Lipinski definition) is 8. The topological polar surface area (TPSA) is 110 Å². The lowest BCUT2D eigenvalue weighted by Gasteiger charge is -2.29. The van der Waals surface area contributed by atoms with Gasteiger partial charge in [0.05, 0.1) is 45.9 Å². The van der Waals surface area contributed by atoms with Crippen LogP contribution in [-0.4, -0.2) is 77.3 Å². The molecule has 2 aliphatic heterocycles. The van der Waals surface area contributed by atoms with Crippen molar-refractivity contribution in [2.75, 3.05) is 30.4 Å². The second-order valence-electron chi connectivity index (χ2n) is 12.0. The minimum absolute atomic E-state index is 0.0925. The van der Waals surface area contributed by atoms with Crippen LogP contribution in [0.3, 0.4) is 0 Å². The number of carbonyl (C=O) groups is 1. The number of amides is 1. The number of likely N-dealkylation sites (N-methyl/N-ethyl adjacent to an activating group) is 1. The number of pyridine rings is 1. The summed E-state index contributed by atoms with van der Waals surface area (Å²) in [5.74, 6) is -0.152. The molecule has 0 aliphatic carbocycles. The SMILES string of the molecule is CN1CCCn2cnc3cccc(c32)-c2cccc(n2)N[C@H]2C[C@@H](C1=O)N(c1ncnc3c1cnn3-c1ccc(F)cc1C(F)(F)F)C2. The van der Waals surface area contributed by atoms with Crippen molar-refractivity contribution < 1.29 is 22.4 Å². The van der Waals surface area contributed by atoms with Crippen molar-refractivity contribution in [2.45, 2.75) is 37.6 Å². The summed E-state index contributed by atoms with van der Waals surface area (Å²) < 4.78 is 58.8. The second kappa shape index (κ2) is 11.3. The lowest BCUT2D eigenvalue weighted by molar-refractivity contribution is -0.137. The molecule has 2 aromatic carbocycles. The summed E-state index contributed by atoms with van der Waals surface area (Å²) in [4.78, 5) is 35.9. The fraction of sp³-hybridized carbons (Fsp3) is 0.273. The van der Waals surface area contributed by atoms with E-state index >= 15 is 0 Å². The number of carbonyl (C=O) groups excluding carboxylic acids is 1. The molecule has 6 heterocycles. The predicted octanol–water partition coefficient (Wildman–Crippen LogP) is 5.31. The second-order valence-corrected chi connectivity index (χ2v) is 12.0. The number of hydrogen-bond donors (Lipinski definition) is 1. The molecule has 6 aromatic rings. The maximum atomic E-state index is 14.1. The van der Waals surface area contributed by atoms with E-state index < -0.39 is 23.6 Å². The van der Waals surface area contributed by atoms with Gasteiger partial charge in [0.2, 0.25) is 5.91 Å². The molecule has 1 N–H and O–H groups in total. The van der Waals surface area contributed by atoms with Gasteiger partial charge in [0.25, 0.3) is 0 Å². The number of rotatable bonds is 2. The van der Waals surface area contributed by atoms with Crippen molar-refractivity contribution in [1.82, 2.24) is 39.2 Å². The van der Waals surface area contributed by atoms with Gasteiger partial charge < -0.3 is 19.7 Å². The summed E-state index contributed by atoms with van der Waals surface area (Å²) in [6.07, 6.45) is 0.681. The average molecular weight is 657 g/mol. The highest BCUT2D eigenvalue weighted by atomic mass is 19.4. The molecule has 2 aliphatic rings. The zero-order valence-electron chi connectivity index (χ0n) is 25.6. The highest BCUT2D eigenvalue weighted by molar-refractivity contribution is 5.93. The van der Waals surface area contributed by atoms with Crippen LogP contribution in [0.1, 0.15) is 18.4 Å². The maximum absolute atomic E-state index is 14.1. The molecule has 1 saturated heterocycles. The third-order valence-corrected chi connectivity index (χ3v) is 8.98. The number of nitrogens with zero attached hydrogens (tertiary/aromatic N) is 9. The Morgan fingerprint density at radius 2 is 1.85 bits per heavy atom. The fourth-order valence-corrected chi connectivity index (χ4v) is 6.79. The standard InChI is InChI=1S/C33H28F4N10O/c1-44-11-4-12-45-18-40-25-7-2-5-21(29(25)45)24-6-3-8-28(43-24)42-20-14-27(32(44)48)46(16-20)30-22-15-41-47(31(22)39-17-38-30)26-10-9-19(34)13-23(26)33(35,36)37/h2-3,5-10,13,15,17-18,20,27H,4,11-12,14,16H2,1H3,(H,42,43)/t20-,27-/m0/s1. The number of alkyl halides is 3. The van der Waals surface area contributed by atoms with E-state index in [4.69, 9.17) is 4.98 Å². The van der Waals surface area contributed by atoms with Crippen LogP contribution in [0.2, 0.25) is 0 Å². The minimum Gasteiger partial charge on any atom is -0.365 e. The molecular formula is C33H28F4N10O. The first-order valence-corrected chi connectivity index (χ1v) is 15.4. The van der Waals surface area contributed by atoms with E-state index in [0.29, 0.717) is 55.6 Å². The molecule has 1 fully saturated rings. The molecular weight excluding hydrogens is 628 g/mol. The van der Waals surface area contributed by atoms with Crippen molar-refractivity contribution >= 4 is 39.6 Å². The minimum atomic E-state index is -4.83. The summed E-state index contributed by atoms with van der Waals surface area (Å²) in [7, 11) is 1.77. The van der Waals surface area contributed by atoms with Gasteiger partial charge in [-0.3, -0.25) is 4.79 Å². The molecule has 0 unspecified atom stereocenters. The lowest BCUT2D eigenvalue weighted by Crippen LogP contribution is -2.45. The van der Waals surface area contributed by atoms with Gasteiger partial charge in [-0.05, 0) is 49.2 Å². The van der Waals surface area contributed by atoms with Gasteiger partial charge >= 0.3 is 6.18 Å². The largest absolute Gasteiger partial charge is 0.418 e. The van der Waals surface area contributed by atoms with Crippen LogP contribution in [0.4, 0.5) is 29.2 Å². The highest BCUT2D eigenvalue weighted by Gasteiger charge is 2.41. The summed E-state index contributed by atoms with van der Waals surface area (Å²) in [6.45, 7) is 1.46. The zero-order chi connectivity index (χ0) is 33.2. The summed E-state index contributed by atoms with van der Waals surface area (Å²) in [5, 5.41) is 8.08. The molecule has 11 nitrogen and oxygen atoms in total. The van der Waals surface area contributed by atoms with Gasteiger partial charge in [-0.25, -0.2) is 29.0 Å². The van der Waals surface area contributed by atoms with Crippen LogP contribution in [0, 0.1) is 5.82 Å². The van der Waals surface area contributed by atoms with Crippen molar-refractivity contribution in [1.29, 1.82) is 0 Å². The normalized spacial score (nSPS) is 18.6. The number of aryl methyl sites for hydroxylation is 1.